The van der Waals surface area contributed by atoms with Gasteiger partial charge in [0.1, 0.15) is 11.3 Å². The number of nitrogens with zero attached hydrogens (tertiary/aromatic N) is 2. The zero-order valence-electron chi connectivity index (χ0n) is 16.0. The normalized spacial score (nSPS) is 16.6. The van der Waals surface area contributed by atoms with Gasteiger partial charge in [-0.05, 0) is 43.5 Å². The number of hydrogen-bond acceptors (Lipinski definition) is 3. The van der Waals surface area contributed by atoms with Crippen LogP contribution in [0.1, 0.15) is 34.3 Å². The molecule has 2 aromatic carbocycles. The molecule has 1 saturated heterocycles. The number of para-hydroxylation sites is 1. The number of carbonyl (C=O) groups excluding carboxylic acids is 1. The van der Waals surface area contributed by atoms with Crippen molar-refractivity contribution >= 4 is 27.5 Å². The van der Waals surface area contributed by atoms with E-state index in [-0.39, 0.29) is 11.4 Å². The lowest BCUT2D eigenvalue weighted by molar-refractivity contribution is -0.138. The lowest BCUT2D eigenvalue weighted by Gasteiger charge is -2.19. The van der Waals surface area contributed by atoms with Crippen molar-refractivity contribution in [3.63, 3.8) is 0 Å². The molecule has 0 N–H and O–H groups in total. The van der Waals surface area contributed by atoms with Gasteiger partial charge < -0.3 is 4.90 Å². The monoisotopic (exact) mass is 424 g/mol. The van der Waals surface area contributed by atoms with Crippen molar-refractivity contribution in [2.45, 2.75) is 26.4 Å². The molecule has 0 saturated carbocycles. The lowest BCUT2D eigenvalue weighted by Crippen LogP contribution is -2.30. The van der Waals surface area contributed by atoms with E-state index in [4.69, 9.17) is 0 Å². The average molecular weight is 424 g/mol. The Labute approximate surface area is 170 Å². The van der Waals surface area contributed by atoms with Crippen LogP contribution < -0.4 is 0 Å². The Bertz CT molecular complexity index is 1020. The van der Waals surface area contributed by atoms with E-state index in [9.17, 15) is 22.4 Å². The second kappa shape index (κ2) is 8.49. The van der Waals surface area contributed by atoms with Crippen LogP contribution in [0.3, 0.4) is 0 Å². The number of aromatic nitrogens is 1. The van der Waals surface area contributed by atoms with Crippen molar-refractivity contribution < 1.29 is 22.4 Å². The zero-order chi connectivity index (χ0) is 21.2. The van der Waals surface area contributed by atoms with Crippen LogP contribution in [0.25, 0.3) is 10.2 Å². The number of carbonyl (C=O) groups is 1. The number of likely N-dealkylation sites (tertiary alicyclic amines) is 1. The Morgan fingerprint density at radius 1 is 1.17 bits per heavy atom. The minimum atomic E-state index is -4.49. The van der Waals surface area contributed by atoms with Crippen molar-refractivity contribution in [2.24, 2.45) is 5.92 Å². The van der Waals surface area contributed by atoms with Gasteiger partial charge in [-0.25, -0.2) is 9.37 Å². The first-order chi connectivity index (χ1) is 13.7. The highest BCUT2D eigenvalue weighted by Gasteiger charge is 2.36. The van der Waals surface area contributed by atoms with E-state index in [0.717, 1.165) is 22.2 Å². The molecule has 4 rings (SSSR count). The van der Waals surface area contributed by atoms with Gasteiger partial charge in [0.15, 0.2) is 0 Å². The molecule has 0 bridgehead atoms. The fraction of sp³-hybridized carbons (Fsp3) is 0.333. The van der Waals surface area contributed by atoms with Crippen molar-refractivity contribution in [1.82, 2.24) is 9.88 Å². The molecule has 0 spiro atoms. The van der Waals surface area contributed by atoms with E-state index in [2.05, 4.69) is 4.98 Å². The number of amides is 1. The summed E-state index contributed by atoms with van der Waals surface area (Å²) in [4.78, 5) is 17.6. The zero-order valence-corrected chi connectivity index (χ0v) is 16.8. The maximum Gasteiger partial charge on any atom is 0.417 e. The third kappa shape index (κ3) is 4.93. The Hall–Kier alpha value is -2.48. The summed E-state index contributed by atoms with van der Waals surface area (Å²) < 4.78 is 52.3. The molecule has 2 heterocycles. The molecule has 1 aliphatic rings. The highest BCUT2D eigenvalue weighted by Crippen LogP contribution is 2.33. The summed E-state index contributed by atoms with van der Waals surface area (Å²) in [6, 6.07) is 9.97. The van der Waals surface area contributed by atoms with Crippen LogP contribution in [-0.4, -0.2) is 28.9 Å². The van der Waals surface area contributed by atoms with Crippen LogP contribution in [0.2, 0.25) is 0 Å². The van der Waals surface area contributed by atoms with Gasteiger partial charge >= 0.3 is 6.18 Å². The van der Waals surface area contributed by atoms with E-state index in [1.165, 1.54) is 40.5 Å². The fourth-order valence-electron chi connectivity index (χ4n) is 3.23. The smallest absolute Gasteiger partial charge is 0.338 e. The predicted molar refractivity (Wildman–Crippen MR) is 105 cm³/mol. The molecule has 8 heteroatoms. The number of alkyl halides is 3. The van der Waals surface area contributed by atoms with Gasteiger partial charge in [0, 0.05) is 13.1 Å². The molecule has 1 atom stereocenters. The van der Waals surface area contributed by atoms with Crippen LogP contribution in [0.15, 0.2) is 42.5 Å². The SMILES string of the molecule is CC1CCN(C(=O)c2ccccc2C(F)(F)F)C1.Cc1nc2c(F)cccc2s1. The quantitative estimate of drug-likeness (QED) is 0.454. The fourth-order valence-corrected chi connectivity index (χ4v) is 4.07. The van der Waals surface area contributed by atoms with Crippen LogP contribution in [0.4, 0.5) is 17.6 Å². The topological polar surface area (TPSA) is 33.2 Å². The molecule has 154 valence electrons. The summed E-state index contributed by atoms with van der Waals surface area (Å²) in [6.07, 6.45) is -3.64. The molecule has 1 aromatic heterocycles. The minimum Gasteiger partial charge on any atom is -0.338 e. The average Bonchev–Trinajstić information content (AvgIpc) is 3.27. The summed E-state index contributed by atoms with van der Waals surface area (Å²) in [6.45, 7) is 4.93. The summed E-state index contributed by atoms with van der Waals surface area (Å²) in [5.41, 5.74) is -0.608. The van der Waals surface area contributed by atoms with Crippen LogP contribution in [-0.2, 0) is 6.18 Å². The highest BCUT2D eigenvalue weighted by molar-refractivity contribution is 7.18. The third-order valence-electron chi connectivity index (χ3n) is 4.65. The number of fused-ring (bicyclic) bond motifs is 1. The summed E-state index contributed by atoms with van der Waals surface area (Å²) in [7, 11) is 0. The van der Waals surface area contributed by atoms with Gasteiger partial charge in [-0.1, -0.05) is 25.1 Å². The van der Waals surface area contributed by atoms with Gasteiger partial charge in [0.2, 0.25) is 0 Å². The predicted octanol–water partition coefficient (Wildman–Crippen LogP) is 5.93. The van der Waals surface area contributed by atoms with E-state index in [0.29, 0.717) is 24.5 Å². The second-order valence-corrected chi connectivity index (χ2v) is 8.24. The molecule has 29 heavy (non-hydrogen) atoms. The van der Waals surface area contributed by atoms with Gasteiger partial charge in [-0.2, -0.15) is 13.2 Å². The molecule has 1 aliphatic heterocycles. The second-order valence-electron chi connectivity index (χ2n) is 7.01. The van der Waals surface area contributed by atoms with E-state index >= 15 is 0 Å². The van der Waals surface area contributed by atoms with Gasteiger partial charge in [0.05, 0.1) is 20.8 Å². The Kier molecular flexibility index (Phi) is 6.21. The van der Waals surface area contributed by atoms with E-state index in [1.807, 2.05) is 19.9 Å². The Balaban J connectivity index is 0.000000186. The van der Waals surface area contributed by atoms with Crippen molar-refractivity contribution in [3.8, 4) is 0 Å². The van der Waals surface area contributed by atoms with Crippen LogP contribution in [0.5, 0.6) is 0 Å². The third-order valence-corrected chi connectivity index (χ3v) is 5.59. The number of benzene rings is 2. The number of rotatable bonds is 1. The molecule has 3 aromatic rings. The summed E-state index contributed by atoms with van der Waals surface area (Å²) in [5, 5.41) is 0.908. The summed E-state index contributed by atoms with van der Waals surface area (Å²) >= 11 is 1.52. The molecule has 1 fully saturated rings. The Morgan fingerprint density at radius 2 is 1.90 bits per heavy atom. The number of aryl methyl sites for hydroxylation is 1. The summed E-state index contributed by atoms with van der Waals surface area (Å²) in [5.74, 6) is -0.397. The molecular weight excluding hydrogens is 404 g/mol. The largest absolute Gasteiger partial charge is 0.417 e. The Morgan fingerprint density at radius 3 is 2.52 bits per heavy atom. The highest BCUT2D eigenvalue weighted by atomic mass is 32.1. The minimum absolute atomic E-state index is 0.230. The molecule has 1 unspecified atom stereocenters. The molecule has 0 radical (unpaired) electrons. The molecule has 3 nitrogen and oxygen atoms in total. The van der Waals surface area contributed by atoms with Crippen LogP contribution >= 0.6 is 11.3 Å². The van der Waals surface area contributed by atoms with Crippen LogP contribution in [0, 0.1) is 18.7 Å². The first kappa shape index (κ1) is 21.2. The molecular formula is C21H20F4N2OS. The van der Waals surface area contributed by atoms with Crippen molar-refractivity contribution in [2.75, 3.05) is 13.1 Å². The van der Waals surface area contributed by atoms with E-state index < -0.39 is 17.6 Å². The van der Waals surface area contributed by atoms with Gasteiger partial charge in [-0.15, -0.1) is 11.3 Å². The van der Waals surface area contributed by atoms with Crippen molar-refractivity contribution in [1.29, 1.82) is 0 Å². The lowest BCUT2D eigenvalue weighted by atomic mass is 10.1. The van der Waals surface area contributed by atoms with Crippen molar-refractivity contribution in [3.05, 3.63) is 64.4 Å². The number of halogens is 4. The van der Waals surface area contributed by atoms with Gasteiger partial charge in [-0.3, -0.25) is 4.79 Å². The van der Waals surface area contributed by atoms with E-state index in [1.54, 1.807) is 6.07 Å². The number of thiazole rings is 1. The standard InChI is InChI=1S/C13H14F3NO.C8H6FNS/c1-9-6-7-17(8-9)12(18)10-4-2-3-5-11(10)13(14,15)16;1-5-10-8-6(9)3-2-4-7(8)11-5/h2-5,9H,6-8H2,1H3;2-4H,1H3. The number of hydrogen-bond donors (Lipinski definition) is 0. The van der Waals surface area contributed by atoms with Gasteiger partial charge in [0.25, 0.3) is 5.91 Å². The maximum atomic E-state index is 12.9. The molecule has 1 amide bonds. The first-order valence-corrected chi connectivity index (χ1v) is 9.95. The first-order valence-electron chi connectivity index (χ1n) is 9.14. The molecule has 0 aliphatic carbocycles. The maximum absolute atomic E-state index is 12.9.